The Morgan fingerprint density at radius 1 is 1.16 bits per heavy atom. The topological polar surface area (TPSA) is 119 Å². The summed E-state index contributed by atoms with van der Waals surface area (Å²) < 4.78 is 43.5. The van der Waals surface area contributed by atoms with Crippen LogP contribution in [-0.4, -0.2) is 35.4 Å². The number of hydrogen-bond acceptors (Lipinski definition) is 6. The van der Waals surface area contributed by atoms with Gasteiger partial charge in [0.05, 0.1) is 24.1 Å². The van der Waals surface area contributed by atoms with E-state index >= 15 is 0 Å². The number of nitrogens with two attached hydrogens (primary N) is 1. The van der Waals surface area contributed by atoms with Crippen LogP contribution in [0.5, 0.6) is 5.75 Å². The van der Waals surface area contributed by atoms with Gasteiger partial charge in [-0.25, -0.2) is 9.97 Å². The van der Waals surface area contributed by atoms with Gasteiger partial charge in [-0.05, 0) is 38.0 Å². The van der Waals surface area contributed by atoms with Gasteiger partial charge >= 0.3 is 6.18 Å². The number of amides is 2. The molecule has 1 aliphatic rings. The van der Waals surface area contributed by atoms with Gasteiger partial charge in [0.25, 0.3) is 5.91 Å². The van der Waals surface area contributed by atoms with Crippen molar-refractivity contribution in [2.24, 2.45) is 11.7 Å². The fourth-order valence-corrected chi connectivity index (χ4v) is 3.72. The van der Waals surface area contributed by atoms with Crippen LogP contribution in [0.4, 0.5) is 24.8 Å². The summed E-state index contributed by atoms with van der Waals surface area (Å²) in [7, 11) is 1.42. The second kappa shape index (κ2) is 15.7. The van der Waals surface area contributed by atoms with Crippen LogP contribution in [0.2, 0.25) is 0 Å². The Morgan fingerprint density at radius 3 is 2.24 bits per heavy atom. The highest BCUT2D eigenvalue weighted by Gasteiger charge is 2.33. The lowest BCUT2D eigenvalue weighted by Gasteiger charge is -2.18. The summed E-state index contributed by atoms with van der Waals surface area (Å²) >= 11 is 0. The van der Waals surface area contributed by atoms with Crippen LogP contribution in [0.1, 0.15) is 80.9 Å². The van der Waals surface area contributed by atoms with Crippen molar-refractivity contribution in [2.75, 3.05) is 19.0 Å². The molecule has 8 nitrogen and oxygen atoms in total. The molecule has 0 spiro atoms. The molecule has 0 saturated heterocycles. The molecule has 3 rings (SSSR count). The molecule has 0 bridgehead atoms. The van der Waals surface area contributed by atoms with Gasteiger partial charge in [0, 0.05) is 25.2 Å². The molecule has 1 saturated carbocycles. The molecule has 206 valence electrons. The SMILES string of the molecule is CC(N)=O.CCC1CCCCC1.CCNC(=O)c1ccc(Nc2ncc(C(F)(F)F)c(C)n2)c(OC)c1. The summed E-state index contributed by atoms with van der Waals surface area (Å²) in [6, 6.07) is 4.65. The summed E-state index contributed by atoms with van der Waals surface area (Å²) in [4.78, 5) is 28.6. The van der Waals surface area contributed by atoms with Gasteiger partial charge in [-0.2, -0.15) is 13.2 Å². The molecular formula is C26H38F3N5O3. The number of carbonyl (C=O) groups is 2. The first kappa shape index (κ1) is 31.7. The molecular weight excluding hydrogens is 487 g/mol. The molecule has 0 atom stereocenters. The predicted molar refractivity (Wildman–Crippen MR) is 138 cm³/mol. The number of methoxy groups -OCH3 is 1. The Hall–Kier alpha value is -3.37. The Labute approximate surface area is 216 Å². The van der Waals surface area contributed by atoms with Gasteiger partial charge in [-0.1, -0.05) is 45.4 Å². The van der Waals surface area contributed by atoms with Crippen molar-refractivity contribution in [2.45, 2.75) is 72.4 Å². The second-order valence-electron chi connectivity index (χ2n) is 8.61. The lowest BCUT2D eigenvalue weighted by atomic mass is 9.88. The van der Waals surface area contributed by atoms with E-state index in [9.17, 15) is 22.8 Å². The van der Waals surface area contributed by atoms with E-state index in [0.717, 1.165) is 12.1 Å². The Bertz CT molecular complexity index is 1010. The summed E-state index contributed by atoms with van der Waals surface area (Å²) in [6.45, 7) is 7.16. The number of anilines is 2. The lowest BCUT2D eigenvalue weighted by molar-refractivity contribution is -0.138. The Kier molecular flexibility index (Phi) is 13.4. The monoisotopic (exact) mass is 525 g/mol. The van der Waals surface area contributed by atoms with E-state index in [1.165, 1.54) is 65.5 Å². The van der Waals surface area contributed by atoms with Crippen LogP contribution in [0.3, 0.4) is 0 Å². The van der Waals surface area contributed by atoms with Crippen molar-refractivity contribution in [1.29, 1.82) is 0 Å². The van der Waals surface area contributed by atoms with Crippen molar-refractivity contribution in [3.63, 3.8) is 0 Å². The molecule has 1 aliphatic carbocycles. The number of aromatic nitrogens is 2. The number of nitrogens with zero attached hydrogens (tertiary/aromatic N) is 2. The Morgan fingerprint density at radius 2 is 1.78 bits per heavy atom. The first-order valence-corrected chi connectivity index (χ1v) is 12.3. The number of benzene rings is 1. The maximum Gasteiger partial charge on any atom is 0.419 e. The van der Waals surface area contributed by atoms with Crippen LogP contribution in [0.15, 0.2) is 24.4 Å². The number of alkyl halides is 3. The van der Waals surface area contributed by atoms with E-state index in [1.807, 2.05) is 0 Å². The second-order valence-corrected chi connectivity index (χ2v) is 8.61. The van der Waals surface area contributed by atoms with E-state index in [2.05, 4.69) is 33.3 Å². The number of hydrogen-bond donors (Lipinski definition) is 3. The van der Waals surface area contributed by atoms with Gasteiger partial charge < -0.3 is 21.1 Å². The third-order valence-corrected chi connectivity index (χ3v) is 5.63. The predicted octanol–water partition coefficient (Wildman–Crippen LogP) is 5.77. The average molecular weight is 526 g/mol. The number of ether oxygens (including phenoxy) is 1. The van der Waals surface area contributed by atoms with E-state index in [4.69, 9.17) is 4.74 Å². The van der Waals surface area contributed by atoms with Crippen LogP contribution in [-0.2, 0) is 11.0 Å². The normalized spacial score (nSPS) is 13.3. The minimum absolute atomic E-state index is 0.00504. The summed E-state index contributed by atoms with van der Waals surface area (Å²) in [5.74, 6) is 0.831. The average Bonchev–Trinajstić information content (AvgIpc) is 2.84. The van der Waals surface area contributed by atoms with E-state index in [0.29, 0.717) is 23.5 Å². The van der Waals surface area contributed by atoms with Crippen molar-refractivity contribution in [1.82, 2.24) is 15.3 Å². The zero-order valence-electron chi connectivity index (χ0n) is 22.2. The minimum atomic E-state index is -4.51. The van der Waals surface area contributed by atoms with E-state index in [1.54, 1.807) is 19.1 Å². The van der Waals surface area contributed by atoms with Gasteiger partial charge in [-0.15, -0.1) is 0 Å². The number of carbonyl (C=O) groups excluding carboxylic acids is 2. The fraction of sp³-hybridized carbons (Fsp3) is 0.538. The number of aryl methyl sites for hydroxylation is 1. The molecule has 1 heterocycles. The van der Waals surface area contributed by atoms with Crippen molar-refractivity contribution in [3.8, 4) is 5.75 Å². The third-order valence-electron chi connectivity index (χ3n) is 5.63. The number of nitrogens with one attached hydrogen (secondary N) is 2. The van der Waals surface area contributed by atoms with Gasteiger partial charge in [0.15, 0.2) is 0 Å². The van der Waals surface area contributed by atoms with Crippen molar-refractivity contribution < 1.29 is 27.5 Å². The van der Waals surface area contributed by atoms with Crippen molar-refractivity contribution >= 4 is 23.5 Å². The largest absolute Gasteiger partial charge is 0.495 e. The molecule has 1 fully saturated rings. The maximum atomic E-state index is 12.8. The zero-order chi connectivity index (χ0) is 28.0. The molecule has 2 aromatic rings. The van der Waals surface area contributed by atoms with Gasteiger partial charge in [-0.3, -0.25) is 9.59 Å². The minimum Gasteiger partial charge on any atom is -0.495 e. The molecule has 37 heavy (non-hydrogen) atoms. The zero-order valence-corrected chi connectivity index (χ0v) is 22.2. The molecule has 0 radical (unpaired) electrons. The number of rotatable bonds is 6. The molecule has 1 aromatic carbocycles. The highest BCUT2D eigenvalue weighted by atomic mass is 19.4. The highest BCUT2D eigenvalue weighted by Crippen LogP contribution is 2.32. The number of halogens is 3. The smallest absolute Gasteiger partial charge is 0.419 e. The van der Waals surface area contributed by atoms with Crippen LogP contribution < -0.4 is 21.1 Å². The lowest BCUT2D eigenvalue weighted by Crippen LogP contribution is -2.22. The molecule has 11 heteroatoms. The Balaban J connectivity index is 0.000000469. The molecule has 2 amide bonds. The van der Waals surface area contributed by atoms with Crippen LogP contribution in [0, 0.1) is 12.8 Å². The quantitative estimate of drug-likeness (QED) is 0.440. The summed E-state index contributed by atoms with van der Waals surface area (Å²) in [6.07, 6.45) is 5.15. The van der Waals surface area contributed by atoms with Gasteiger partial charge in [0.1, 0.15) is 5.75 Å². The van der Waals surface area contributed by atoms with E-state index in [-0.39, 0.29) is 23.5 Å². The maximum absolute atomic E-state index is 12.8. The van der Waals surface area contributed by atoms with Crippen LogP contribution >= 0.6 is 0 Å². The highest BCUT2D eigenvalue weighted by molar-refractivity contribution is 5.95. The fourth-order valence-electron chi connectivity index (χ4n) is 3.72. The summed E-state index contributed by atoms with van der Waals surface area (Å²) in [5.41, 5.74) is 4.21. The molecule has 0 aliphatic heterocycles. The third kappa shape index (κ3) is 11.5. The van der Waals surface area contributed by atoms with E-state index < -0.39 is 11.7 Å². The molecule has 0 unspecified atom stereocenters. The molecule has 4 N–H and O–H groups in total. The van der Waals surface area contributed by atoms with Crippen LogP contribution in [0.25, 0.3) is 0 Å². The first-order valence-electron chi connectivity index (χ1n) is 12.3. The summed E-state index contributed by atoms with van der Waals surface area (Å²) in [5, 5.41) is 5.46. The van der Waals surface area contributed by atoms with Crippen molar-refractivity contribution in [3.05, 3.63) is 41.2 Å². The first-order chi connectivity index (χ1) is 17.4. The number of primary amides is 1. The standard InChI is InChI=1S/C16H17F3N4O2.C8H16.C2H5NO/c1-4-20-14(24)10-5-6-12(13(7-10)25-3)23-15-21-8-11(9(2)22-15)16(17,18)19;1-2-8-6-4-3-5-7-8;1-2(3)4/h5-8H,4H2,1-3H3,(H,20,24)(H,21,22,23);8H,2-7H2,1H3;1H3,(H2,3,4). The molecule has 1 aromatic heterocycles. The van der Waals surface area contributed by atoms with Gasteiger partial charge in [0.2, 0.25) is 11.9 Å².